The number of ether oxygens (including phenoxy) is 2. The van der Waals surface area contributed by atoms with Crippen LogP contribution in [0.5, 0.6) is 5.75 Å². The van der Waals surface area contributed by atoms with Crippen LogP contribution in [0.15, 0.2) is 66.7 Å². The zero-order chi connectivity index (χ0) is 27.0. The lowest BCUT2D eigenvalue weighted by molar-refractivity contribution is -0.274. The number of hydrogen-bond donors (Lipinski definition) is 1. The SMILES string of the molecule is COC(=O)C(C)(C)N1Cc2ccc(-c3ccc(NC(=O)c4ccc(OC(F)(F)F)cc4)cc3)cc2C1=O. The summed E-state index contributed by atoms with van der Waals surface area (Å²) in [5.74, 6) is -1.68. The Kier molecular flexibility index (Phi) is 6.68. The van der Waals surface area contributed by atoms with Crippen LogP contribution in [0, 0.1) is 0 Å². The van der Waals surface area contributed by atoms with E-state index in [1.807, 2.05) is 12.1 Å². The van der Waals surface area contributed by atoms with Gasteiger partial charge in [-0.05, 0) is 73.0 Å². The molecule has 10 heteroatoms. The number of esters is 1. The number of anilines is 1. The summed E-state index contributed by atoms with van der Waals surface area (Å²) in [6.07, 6.45) is -4.81. The summed E-state index contributed by atoms with van der Waals surface area (Å²) in [5, 5.41) is 2.69. The number of nitrogens with one attached hydrogen (secondary N) is 1. The number of halogens is 3. The molecule has 3 aromatic carbocycles. The third kappa shape index (κ3) is 5.42. The summed E-state index contributed by atoms with van der Waals surface area (Å²) in [6.45, 7) is 3.58. The standard InChI is InChI=1S/C27H23F3N2O5/c1-26(2,25(35)36-3)32-15-19-5-4-18(14-22(19)24(32)34)16-6-10-20(11-7-16)31-23(33)17-8-12-21(13-9-17)37-27(28,29)30/h4-14H,15H2,1-3H3,(H,31,33). The second-order valence-corrected chi connectivity index (χ2v) is 8.92. The van der Waals surface area contributed by atoms with Crippen LogP contribution in [0.1, 0.15) is 40.1 Å². The summed E-state index contributed by atoms with van der Waals surface area (Å²) in [7, 11) is 1.28. The lowest BCUT2D eigenvalue weighted by Crippen LogP contribution is -2.50. The molecule has 0 aromatic heterocycles. The Morgan fingerprint density at radius 1 is 0.919 bits per heavy atom. The number of carbonyl (C=O) groups is 3. The number of hydrogen-bond acceptors (Lipinski definition) is 5. The molecular formula is C27H23F3N2O5. The van der Waals surface area contributed by atoms with E-state index in [9.17, 15) is 27.6 Å². The Morgan fingerprint density at radius 3 is 2.14 bits per heavy atom. The van der Waals surface area contributed by atoms with Crippen molar-refractivity contribution in [1.29, 1.82) is 0 Å². The van der Waals surface area contributed by atoms with Crippen molar-refractivity contribution in [3.63, 3.8) is 0 Å². The minimum Gasteiger partial charge on any atom is -0.467 e. The van der Waals surface area contributed by atoms with Gasteiger partial charge >= 0.3 is 12.3 Å². The van der Waals surface area contributed by atoms with Gasteiger partial charge in [0.15, 0.2) is 0 Å². The van der Waals surface area contributed by atoms with Gasteiger partial charge < -0.3 is 19.7 Å². The second kappa shape index (κ2) is 9.61. The molecule has 0 atom stereocenters. The number of carbonyl (C=O) groups excluding carboxylic acids is 3. The summed E-state index contributed by atoms with van der Waals surface area (Å²) in [4.78, 5) is 39.2. The van der Waals surface area contributed by atoms with Crippen LogP contribution in [0.4, 0.5) is 18.9 Å². The van der Waals surface area contributed by atoms with Crippen LogP contribution in [0.3, 0.4) is 0 Å². The van der Waals surface area contributed by atoms with Crippen molar-refractivity contribution >= 4 is 23.5 Å². The average Bonchev–Trinajstić information content (AvgIpc) is 3.20. The van der Waals surface area contributed by atoms with Crippen LogP contribution >= 0.6 is 0 Å². The topological polar surface area (TPSA) is 84.9 Å². The minimum absolute atomic E-state index is 0.162. The summed E-state index contributed by atoms with van der Waals surface area (Å²) in [5.41, 5.74) is 2.42. The normalized spacial score (nSPS) is 13.2. The molecule has 192 valence electrons. The quantitative estimate of drug-likeness (QED) is 0.447. The molecule has 1 aliphatic rings. The number of methoxy groups -OCH3 is 1. The highest BCUT2D eigenvalue weighted by molar-refractivity contribution is 6.04. The smallest absolute Gasteiger partial charge is 0.467 e. The van der Waals surface area contributed by atoms with E-state index in [1.165, 1.54) is 24.1 Å². The predicted octanol–water partition coefficient (Wildman–Crippen LogP) is 5.41. The van der Waals surface area contributed by atoms with Crippen molar-refractivity contribution in [2.75, 3.05) is 12.4 Å². The monoisotopic (exact) mass is 512 g/mol. The molecule has 4 rings (SSSR count). The molecule has 1 N–H and O–H groups in total. The Hall–Kier alpha value is -4.34. The number of fused-ring (bicyclic) bond motifs is 1. The largest absolute Gasteiger partial charge is 0.573 e. The average molecular weight is 512 g/mol. The van der Waals surface area contributed by atoms with Gasteiger partial charge in [-0.2, -0.15) is 0 Å². The number of benzene rings is 3. The van der Waals surface area contributed by atoms with Crippen LogP contribution in [-0.2, 0) is 16.1 Å². The lowest BCUT2D eigenvalue weighted by atomic mass is 10.00. The van der Waals surface area contributed by atoms with Gasteiger partial charge in [0.05, 0.1) is 7.11 Å². The second-order valence-electron chi connectivity index (χ2n) is 8.92. The molecule has 1 heterocycles. The van der Waals surface area contributed by atoms with E-state index in [-0.39, 0.29) is 11.5 Å². The van der Waals surface area contributed by atoms with E-state index in [2.05, 4.69) is 10.1 Å². The molecule has 3 aromatic rings. The Labute approximate surface area is 210 Å². The van der Waals surface area contributed by atoms with Crippen molar-refractivity contribution < 1.29 is 37.0 Å². The Morgan fingerprint density at radius 2 is 1.54 bits per heavy atom. The van der Waals surface area contributed by atoms with Crippen LogP contribution in [0.25, 0.3) is 11.1 Å². The first-order valence-corrected chi connectivity index (χ1v) is 11.2. The molecule has 37 heavy (non-hydrogen) atoms. The highest BCUT2D eigenvalue weighted by Gasteiger charge is 2.43. The van der Waals surface area contributed by atoms with Crippen LogP contribution < -0.4 is 10.1 Å². The predicted molar refractivity (Wildman–Crippen MR) is 129 cm³/mol. The van der Waals surface area contributed by atoms with Gasteiger partial charge in [0.1, 0.15) is 11.3 Å². The molecule has 0 spiro atoms. The first-order chi connectivity index (χ1) is 17.4. The lowest BCUT2D eigenvalue weighted by Gasteiger charge is -2.32. The maximum atomic E-state index is 13.1. The number of nitrogens with zero attached hydrogens (tertiary/aromatic N) is 1. The van der Waals surface area contributed by atoms with Crippen molar-refractivity contribution in [2.24, 2.45) is 0 Å². The summed E-state index contributed by atoms with van der Waals surface area (Å²) in [6, 6.07) is 17.0. The molecule has 0 radical (unpaired) electrons. The molecule has 2 amide bonds. The molecule has 0 fully saturated rings. The number of amides is 2. The van der Waals surface area contributed by atoms with Crippen LogP contribution in [0.2, 0.25) is 0 Å². The molecule has 0 saturated carbocycles. The third-order valence-electron chi connectivity index (χ3n) is 6.10. The molecule has 0 bridgehead atoms. The molecule has 0 saturated heterocycles. The first-order valence-electron chi connectivity index (χ1n) is 11.2. The van der Waals surface area contributed by atoms with Gasteiger partial charge in [-0.3, -0.25) is 9.59 Å². The molecule has 7 nitrogen and oxygen atoms in total. The van der Waals surface area contributed by atoms with Gasteiger partial charge in [-0.1, -0.05) is 24.3 Å². The molecule has 0 aliphatic carbocycles. The van der Waals surface area contributed by atoms with Gasteiger partial charge in [-0.15, -0.1) is 13.2 Å². The van der Waals surface area contributed by atoms with E-state index in [1.54, 1.807) is 44.2 Å². The Bertz CT molecular complexity index is 1350. The highest BCUT2D eigenvalue weighted by Crippen LogP contribution is 2.33. The van der Waals surface area contributed by atoms with E-state index < -0.39 is 29.5 Å². The van der Waals surface area contributed by atoms with Gasteiger partial charge in [-0.25, -0.2) is 4.79 Å². The maximum Gasteiger partial charge on any atom is 0.573 e. The van der Waals surface area contributed by atoms with Gasteiger partial charge in [0, 0.05) is 23.4 Å². The summed E-state index contributed by atoms with van der Waals surface area (Å²) >= 11 is 0. The molecular weight excluding hydrogens is 489 g/mol. The van der Waals surface area contributed by atoms with Gasteiger partial charge in [0.2, 0.25) is 0 Å². The van der Waals surface area contributed by atoms with Crippen molar-refractivity contribution in [3.8, 4) is 16.9 Å². The van der Waals surface area contributed by atoms with Crippen molar-refractivity contribution in [3.05, 3.63) is 83.4 Å². The zero-order valence-electron chi connectivity index (χ0n) is 20.2. The van der Waals surface area contributed by atoms with E-state index in [0.717, 1.165) is 28.8 Å². The Balaban J connectivity index is 1.45. The fraction of sp³-hybridized carbons (Fsp3) is 0.222. The highest BCUT2D eigenvalue weighted by atomic mass is 19.4. The molecule has 0 unspecified atom stereocenters. The minimum atomic E-state index is -4.81. The third-order valence-corrected chi connectivity index (χ3v) is 6.10. The number of alkyl halides is 3. The van der Waals surface area contributed by atoms with E-state index in [0.29, 0.717) is 17.8 Å². The van der Waals surface area contributed by atoms with Crippen molar-refractivity contribution in [2.45, 2.75) is 32.3 Å². The van der Waals surface area contributed by atoms with Crippen molar-refractivity contribution in [1.82, 2.24) is 4.90 Å². The van der Waals surface area contributed by atoms with Crippen LogP contribution in [-0.4, -0.2) is 41.7 Å². The first kappa shape index (κ1) is 25.7. The zero-order valence-corrected chi connectivity index (χ0v) is 20.2. The van der Waals surface area contributed by atoms with Gasteiger partial charge in [0.25, 0.3) is 11.8 Å². The van der Waals surface area contributed by atoms with E-state index in [4.69, 9.17) is 4.74 Å². The summed E-state index contributed by atoms with van der Waals surface area (Å²) < 4.78 is 45.5. The fourth-order valence-electron chi connectivity index (χ4n) is 4.05. The maximum absolute atomic E-state index is 13.1. The van der Waals surface area contributed by atoms with E-state index >= 15 is 0 Å². The number of rotatable bonds is 6. The fourth-order valence-corrected chi connectivity index (χ4v) is 4.05. The molecule has 1 aliphatic heterocycles.